The first-order valence-electron chi connectivity index (χ1n) is 11.0. The third-order valence-corrected chi connectivity index (χ3v) is 6.27. The van der Waals surface area contributed by atoms with Crippen molar-refractivity contribution in [3.63, 3.8) is 0 Å². The summed E-state index contributed by atoms with van der Waals surface area (Å²) in [7, 11) is 0. The van der Waals surface area contributed by atoms with Gasteiger partial charge in [0.05, 0.1) is 11.8 Å². The molecular weight excluding hydrogens is 394 g/mol. The summed E-state index contributed by atoms with van der Waals surface area (Å²) in [6.07, 6.45) is 5.04. The van der Waals surface area contributed by atoms with Gasteiger partial charge in [-0.15, -0.1) is 0 Å². The van der Waals surface area contributed by atoms with E-state index in [1.807, 2.05) is 50.3 Å². The molecule has 166 valence electrons. The van der Waals surface area contributed by atoms with Gasteiger partial charge in [-0.3, -0.25) is 24.1 Å². The Balaban J connectivity index is 1.72. The van der Waals surface area contributed by atoms with Crippen LogP contribution in [0.4, 0.5) is 0 Å². The monoisotopic (exact) mass is 425 g/mol. The molecule has 4 amide bonds. The number of likely N-dealkylation sites (tertiary alicyclic amines) is 1. The molecule has 2 aliphatic rings. The van der Waals surface area contributed by atoms with Crippen molar-refractivity contribution in [2.24, 2.45) is 11.8 Å². The van der Waals surface area contributed by atoms with E-state index in [0.717, 1.165) is 11.1 Å². The molecule has 1 aromatic rings. The standard InChI is InChI=1S/C24H31N3O4/c1-4-25-22(29)17(3)27(15-18-10-6-5-9-16(18)2)21(28)13-14-26-23(30)19-11-7-8-12-20(19)24(26)31/h5-10,17,19-20H,4,11-15H2,1-3H3,(H,25,29)/t17-,19-,20+/m1/s1. The number of nitrogens with zero attached hydrogens (tertiary/aromatic N) is 2. The number of likely N-dealkylation sites (N-methyl/N-ethyl adjacent to an activating group) is 1. The van der Waals surface area contributed by atoms with Gasteiger partial charge in [0.15, 0.2) is 0 Å². The lowest BCUT2D eigenvalue weighted by Crippen LogP contribution is -2.48. The summed E-state index contributed by atoms with van der Waals surface area (Å²) >= 11 is 0. The molecule has 31 heavy (non-hydrogen) atoms. The second kappa shape index (κ2) is 9.90. The third kappa shape index (κ3) is 4.86. The molecule has 1 aliphatic carbocycles. The van der Waals surface area contributed by atoms with Crippen LogP contribution in [-0.4, -0.2) is 52.6 Å². The number of nitrogens with one attached hydrogen (secondary N) is 1. The lowest BCUT2D eigenvalue weighted by Gasteiger charge is -2.30. The van der Waals surface area contributed by atoms with E-state index in [1.165, 1.54) is 9.80 Å². The molecule has 7 heteroatoms. The van der Waals surface area contributed by atoms with Crippen LogP contribution >= 0.6 is 0 Å². The maximum absolute atomic E-state index is 13.2. The topological polar surface area (TPSA) is 86.8 Å². The van der Waals surface area contributed by atoms with Crippen molar-refractivity contribution in [3.8, 4) is 0 Å². The Hall–Kier alpha value is -2.96. The number of allylic oxidation sites excluding steroid dienone is 2. The van der Waals surface area contributed by atoms with Crippen molar-refractivity contribution in [2.75, 3.05) is 13.1 Å². The van der Waals surface area contributed by atoms with Gasteiger partial charge >= 0.3 is 0 Å². The largest absolute Gasteiger partial charge is 0.355 e. The Morgan fingerprint density at radius 1 is 1.13 bits per heavy atom. The van der Waals surface area contributed by atoms with Gasteiger partial charge in [-0.25, -0.2) is 0 Å². The van der Waals surface area contributed by atoms with Crippen LogP contribution in [0.1, 0.15) is 44.2 Å². The number of carbonyl (C=O) groups is 4. The first-order valence-corrected chi connectivity index (χ1v) is 11.0. The van der Waals surface area contributed by atoms with Gasteiger partial charge in [0, 0.05) is 26.1 Å². The van der Waals surface area contributed by atoms with Crippen LogP contribution in [0.5, 0.6) is 0 Å². The Bertz CT molecular complexity index is 869. The van der Waals surface area contributed by atoms with Crippen LogP contribution < -0.4 is 5.32 Å². The van der Waals surface area contributed by atoms with E-state index in [1.54, 1.807) is 6.92 Å². The number of hydrogen-bond acceptors (Lipinski definition) is 4. The number of amides is 4. The van der Waals surface area contributed by atoms with Crippen molar-refractivity contribution in [2.45, 2.75) is 52.6 Å². The predicted octanol–water partition coefficient (Wildman–Crippen LogP) is 2.19. The molecule has 3 rings (SSSR count). The van der Waals surface area contributed by atoms with Crippen molar-refractivity contribution in [3.05, 3.63) is 47.5 Å². The third-order valence-electron chi connectivity index (χ3n) is 6.27. The lowest BCUT2D eigenvalue weighted by molar-refractivity contribution is -0.143. The molecule has 0 aromatic heterocycles. The molecule has 7 nitrogen and oxygen atoms in total. The number of carbonyl (C=O) groups excluding carboxylic acids is 4. The van der Waals surface area contributed by atoms with Crippen molar-refractivity contribution in [1.29, 1.82) is 0 Å². The highest BCUT2D eigenvalue weighted by Crippen LogP contribution is 2.35. The zero-order chi connectivity index (χ0) is 22.5. The Morgan fingerprint density at radius 2 is 1.74 bits per heavy atom. The maximum atomic E-state index is 13.2. The maximum Gasteiger partial charge on any atom is 0.242 e. The first kappa shape index (κ1) is 22.7. The van der Waals surface area contributed by atoms with E-state index >= 15 is 0 Å². The highest BCUT2D eigenvalue weighted by molar-refractivity contribution is 6.05. The molecular formula is C24H31N3O4. The van der Waals surface area contributed by atoms with Crippen LogP contribution in [0.2, 0.25) is 0 Å². The smallest absolute Gasteiger partial charge is 0.242 e. The molecule has 0 saturated carbocycles. The van der Waals surface area contributed by atoms with Gasteiger partial charge in [-0.05, 0) is 44.7 Å². The van der Waals surface area contributed by atoms with Crippen molar-refractivity contribution in [1.82, 2.24) is 15.1 Å². The zero-order valence-corrected chi connectivity index (χ0v) is 18.5. The summed E-state index contributed by atoms with van der Waals surface area (Å²) in [5.41, 5.74) is 1.99. The summed E-state index contributed by atoms with van der Waals surface area (Å²) in [5.74, 6) is -1.45. The Morgan fingerprint density at radius 3 is 2.32 bits per heavy atom. The molecule has 0 radical (unpaired) electrons. The highest BCUT2D eigenvalue weighted by Gasteiger charge is 2.47. The highest BCUT2D eigenvalue weighted by atomic mass is 16.2. The van der Waals surface area contributed by atoms with Gasteiger partial charge in [0.25, 0.3) is 0 Å². The fourth-order valence-corrected chi connectivity index (χ4v) is 4.32. The molecule has 3 atom stereocenters. The second-order valence-electron chi connectivity index (χ2n) is 8.25. The van der Waals surface area contributed by atoms with Crippen LogP contribution in [-0.2, 0) is 25.7 Å². The average Bonchev–Trinajstić information content (AvgIpc) is 3.01. The lowest BCUT2D eigenvalue weighted by atomic mass is 9.85. The minimum absolute atomic E-state index is 0.0000250. The van der Waals surface area contributed by atoms with E-state index in [2.05, 4.69) is 5.32 Å². The Labute approximate surface area is 183 Å². The van der Waals surface area contributed by atoms with Gasteiger partial charge in [-0.2, -0.15) is 0 Å². The fourth-order valence-electron chi connectivity index (χ4n) is 4.32. The van der Waals surface area contributed by atoms with Crippen LogP contribution in [0.15, 0.2) is 36.4 Å². The minimum Gasteiger partial charge on any atom is -0.355 e. The van der Waals surface area contributed by atoms with Crippen molar-refractivity contribution >= 4 is 23.6 Å². The van der Waals surface area contributed by atoms with Crippen LogP contribution in [0.3, 0.4) is 0 Å². The molecule has 0 unspecified atom stereocenters. The van der Waals surface area contributed by atoms with Crippen molar-refractivity contribution < 1.29 is 19.2 Å². The van der Waals surface area contributed by atoms with E-state index in [9.17, 15) is 19.2 Å². The number of imide groups is 1. The minimum atomic E-state index is -0.663. The number of benzene rings is 1. The second-order valence-corrected chi connectivity index (χ2v) is 8.25. The molecule has 1 heterocycles. The molecule has 0 bridgehead atoms. The average molecular weight is 426 g/mol. The fraction of sp³-hybridized carbons (Fsp3) is 0.500. The van der Waals surface area contributed by atoms with Crippen LogP contribution in [0.25, 0.3) is 0 Å². The molecule has 1 N–H and O–H groups in total. The molecule has 1 aliphatic heterocycles. The first-order chi connectivity index (χ1) is 14.8. The van der Waals surface area contributed by atoms with Gasteiger partial charge in [0.1, 0.15) is 6.04 Å². The molecule has 1 saturated heterocycles. The number of hydrogen-bond donors (Lipinski definition) is 1. The van der Waals surface area contributed by atoms with Gasteiger partial charge < -0.3 is 10.2 Å². The molecule has 1 fully saturated rings. The normalized spacial score (nSPS) is 21.1. The van der Waals surface area contributed by atoms with E-state index in [4.69, 9.17) is 0 Å². The number of aryl methyl sites for hydroxylation is 1. The van der Waals surface area contributed by atoms with E-state index in [0.29, 0.717) is 25.9 Å². The quantitative estimate of drug-likeness (QED) is 0.511. The summed E-state index contributed by atoms with van der Waals surface area (Å²) in [5, 5.41) is 2.77. The zero-order valence-electron chi connectivity index (χ0n) is 18.5. The summed E-state index contributed by atoms with van der Waals surface area (Å²) in [4.78, 5) is 53.8. The summed E-state index contributed by atoms with van der Waals surface area (Å²) in [6.45, 7) is 6.32. The van der Waals surface area contributed by atoms with Gasteiger partial charge in [0.2, 0.25) is 23.6 Å². The summed E-state index contributed by atoms with van der Waals surface area (Å²) in [6, 6.07) is 7.07. The van der Waals surface area contributed by atoms with Gasteiger partial charge in [-0.1, -0.05) is 36.4 Å². The molecule has 1 aromatic carbocycles. The summed E-state index contributed by atoms with van der Waals surface area (Å²) < 4.78 is 0. The number of fused-ring (bicyclic) bond motifs is 1. The number of rotatable bonds is 8. The Kier molecular flexibility index (Phi) is 7.25. The SMILES string of the molecule is CCNC(=O)[C@@H](C)N(Cc1ccccc1C)C(=O)CCN1C(=O)[C@H]2CC=CC[C@H]2C1=O. The van der Waals surface area contributed by atoms with E-state index in [-0.39, 0.29) is 48.4 Å². The van der Waals surface area contributed by atoms with E-state index < -0.39 is 6.04 Å². The molecule has 0 spiro atoms. The predicted molar refractivity (Wildman–Crippen MR) is 117 cm³/mol. The van der Waals surface area contributed by atoms with Crippen LogP contribution in [0, 0.1) is 18.8 Å².